The van der Waals surface area contributed by atoms with Gasteiger partial charge in [0.15, 0.2) is 5.43 Å². The highest BCUT2D eigenvalue weighted by Crippen LogP contribution is 2.38. The smallest absolute Gasteiger partial charge is 0.382 e. The van der Waals surface area contributed by atoms with Crippen LogP contribution in [0.1, 0.15) is 29.5 Å². The third-order valence-corrected chi connectivity index (χ3v) is 3.69. The average Bonchev–Trinajstić information content (AvgIpc) is 3.16. The highest BCUT2D eigenvalue weighted by molar-refractivity contribution is 5.97. The van der Waals surface area contributed by atoms with Crippen LogP contribution in [-0.2, 0) is 9.53 Å². The lowest BCUT2D eigenvalue weighted by Gasteiger charge is -2.03. The van der Waals surface area contributed by atoms with Crippen LogP contribution in [0.3, 0.4) is 0 Å². The van der Waals surface area contributed by atoms with Crippen LogP contribution in [0, 0.1) is 18.8 Å². The van der Waals surface area contributed by atoms with Crippen LogP contribution in [0.5, 0.6) is 0 Å². The molecule has 2 aromatic rings. The fourth-order valence-electron chi connectivity index (χ4n) is 2.24. The number of carbonyl (C=O) groups is 2. The van der Waals surface area contributed by atoms with Crippen molar-refractivity contribution >= 4 is 22.9 Å². The molecule has 5 heteroatoms. The van der Waals surface area contributed by atoms with Crippen LogP contribution < -0.4 is 5.43 Å². The van der Waals surface area contributed by atoms with Gasteiger partial charge in [0.05, 0.1) is 11.3 Å². The number of hydrogen-bond donors (Lipinski definition) is 0. The summed E-state index contributed by atoms with van der Waals surface area (Å²) < 4.78 is 10.1. The molecule has 2 unspecified atom stereocenters. The molecule has 0 spiro atoms. The van der Waals surface area contributed by atoms with Gasteiger partial charge in [0.25, 0.3) is 0 Å². The van der Waals surface area contributed by atoms with Crippen molar-refractivity contribution < 1.29 is 18.7 Å². The van der Waals surface area contributed by atoms with Gasteiger partial charge in [-0.2, -0.15) is 0 Å². The molecule has 0 bridgehead atoms. The molecule has 1 fully saturated rings. The molecule has 0 radical (unpaired) electrons. The maximum absolute atomic E-state index is 12.0. The minimum atomic E-state index is -0.918. The molecule has 0 N–H and O–H groups in total. The zero-order chi connectivity index (χ0) is 15.1. The second kappa shape index (κ2) is 4.84. The van der Waals surface area contributed by atoms with E-state index in [1.54, 1.807) is 18.2 Å². The Morgan fingerprint density at radius 1 is 1.29 bits per heavy atom. The molecule has 0 saturated heterocycles. The van der Waals surface area contributed by atoms with Crippen LogP contribution in [0.4, 0.5) is 0 Å². The number of fused-ring (bicyclic) bond motifs is 1. The number of rotatable bonds is 2. The van der Waals surface area contributed by atoms with Crippen molar-refractivity contribution in [3.63, 3.8) is 0 Å². The average molecular weight is 286 g/mol. The molecule has 1 aliphatic carbocycles. The Morgan fingerprint density at radius 2 is 2.00 bits per heavy atom. The van der Waals surface area contributed by atoms with E-state index in [9.17, 15) is 14.4 Å². The molecular weight excluding hydrogens is 272 g/mol. The highest BCUT2D eigenvalue weighted by atomic mass is 16.6. The standard InChI is InChI=1S/C16H14O5/c1-8-3-4-13-11(5-8)12(17)7-14(20-13)16(19)21-15(18)10-6-9(10)2/h3-5,7,9-10H,6H2,1-2H3. The summed E-state index contributed by atoms with van der Waals surface area (Å²) in [4.78, 5) is 35.5. The van der Waals surface area contributed by atoms with Crippen LogP contribution in [-0.4, -0.2) is 11.9 Å². The van der Waals surface area contributed by atoms with E-state index in [1.807, 2.05) is 13.8 Å². The maximum atomic E-state index is 12.0. The Hall–Kier alpha value is -2.43. The normalized spacial score (nSPS) is 20.3. The Morgan fingerprint density at radius 3 is 2.67 bits per heavy atom. The van der Waals surface area contributed by atoms with Gasteiger partial charge in [-0.3, -0.25) is 9.59 Å². The molecule has 2 atom stereocenters. The van der Waals surface area contributed by atoms with Crippen LogP contribution >= 0.6 is 0 Å². The number of esters is 2. The fraction of sp³-hybridized carbons (Fsp3) is 0.312. The third kappa shape index (κ3) is 2.59. The maximum Gasteiger partial charge on any atom is 0.382 e. The van der Waals surface area contributed by atoms with Crippen molar-refractivity contribution in [2.24, 2.45) is 11.8 Å². The molecule has 0 amide bonds. The highest BCUT2D eigenvalue weighted by Gasteiger charge is 2.41. The van der Waals surface area contributed by atoms with Gasteiger partial charge >= 0.3 is 11.9 Å². The minimum absolute atomic E-state index is 0.219. The molecule has 21 heavy (non-hydrogen) atoms. The predicted octanol–water partition coefficient (Wildman–Crippen LogP) is 2.44. The van der Waals surface area contributed by atoms with E-state index < -0.39 is 11.9 Å². The fourth-order valence-corrected chi connectivity index (χ4v) is 2.24. The number of hydrogen-bond acceptors (Lipinski definition) is 5. The molecular formula is C16H14O5. The van der Waals surface area contributed by atoms with Gasteiger partial charge in [0, 0.05) is 6.07 Å². The van der Waals surface area contributed by atoms with Crippen LogP contribution in [0.25, 0.3) is 11.0 Å². The monoisotopic (exact) mass is 286 g/mol. The summed E-state index contributed by atoms with van der Waals surface area (Å²) in [6.45, 7) is 3.77. The van der Waals surface area contributed by atoms with Crippen molar-refractivity contribution in [1.82, 2.24) is 0 Å². The first-order valence-corrected chi connectivity index (χ1v) is 6.76. The van der Waals surface area contributed by atoms with Crippen molar-refractivity contribution in [3.05, 3.63) is 45.8 Å². The largest absolute Gasteiger partial charge is 0.449 e. The number of carbonyl (C=O) groups excluding carboxylic acids is 2. The topological polar surface area (TPSA) is 73.6 Å². The Labute approximate surface area is 120 Å². The lowest BCUT2D eigenvalue weighted by atomic mass is 10.1. The molecule has 0 aliphatic heterocycles. The Kier molecular flexibility index (Phi) is 3.12. The second-order valence-corrected chi connectivity index (χ2v) is 5.50. The molecule has 1 aromatic heterocycles. The van der Waals surface area contributed by atoms with Crippen molar-refractivity contribution in [2.75, 3.05) is 0 Å². The van der Waals surface area contributed by atoms with Gasteiger partial charge in [-0.15, -0.1) is 0 Å². The molecule has 108 valence electrons. The van der Waals surface area contributed by atoms with E-state index in [0.29, 0.717) is 11.0 Å². The first-order chi connectivity index (χ1) is 9.95. The number of benzene rings is 1. The van der Waals surface area contributed by atoms with E-state index in [2.05, 4.69) is 0 Å². The summed E-state index contributed by atoms with van der Waals surface area (Å²) in [6.07, 6.45) is 0.729. The first kappa shape index (κ1) is 13.5. The van der Waals surface area contributed by atoms with Crippen molar-refractivity contribution in [3.8, 4) is 0 Å². The van der Waals surface area contributed by atoms with E-state index in [4.69, 9.17) is 9.15 Å². The van der Waals surface area contributed by atoms with Crippen molar-refractivity contribution in [1.29, 1.82) is 0 Å². The summed E-state index contributed by atoms with van der Waals surface area (Å²) in [5, 5.41) is 0.397. The number of aryl methyl sites for hydroxylation is 1. The summed E-state index contributed by atoms with van der Waals surface area (Å²) >= 11 is 0. The summed E-state index contributed by atoms with van der Waals surface area (Å²) in [5.41, 5.74) is 0.884. The lowest BCUT2D eigenvalue weighted by Crippen LogP contribution is -2.16. The zero-order valence-electron chi connectivity index (χ0n) is 11.7. The first-order valence-electron chi connectivity index (χ1n) is 6.76. The third-order valence-electron chi connectivity index (χ3n) is 3.69. The molecule has 3 rings (SSSR count). The van der Waals surface area contributed by atoms with Gasteiger partial charge < -0.3 is 9.15 Å². The molecule has 1 aliphatic rings. The molecule has 5 nitrogen and oxygen atoms in total. The van der Waals surface area contributed by atoms with Crippen LogP contribution in [0.15, 0.2) is 33.5 Å². The summed E-state index contributed by atoms with van der Waals surface area (Å²) in [6, 6.07) is 6.14. The van der Waals surface area contributed by atoms with Gasteiger partial charge in [0.2, 0.25) is 5.76 Å². The van der Waals surface area contributed by atoms with Crippen molar-refractivity contribution in [2.45, 2.75) is 20.3 Å². The van der Waals surface area contributed by atoms with E-state index in [1.165, 1.54) is 0 Å². The lowest BCUT2D eigenvalue weighted by molar-refractivity contribution is -0.139. The molecule has 1 aromatic carbocycles. The van der Waals surface area contributed by atoms with Gasteiger partial charge in [-0.1, -0.05) is 18.6 Å². The summed E-state index contributed by atoms with van der Waals surface area (Å²) in [5.74, 6) is -1.70. The Balaban J connectivity index is 1.90. The van der Waals surface area contributed by atoms with E-state index >= 15 is 0 Å². The number of ether oxygens (including phenoxy) is 1. The predicted molar refractivity (Wildman–Crippen MR) is 74.9 cm³/mol. The Bertz CT molecular complexity index is 802. The van der Waals surface area contributed by atoms with Gasteiger partial charge in [0.1, 0.15) is 5.58 Å². The van der Waals surface area contributed by atoms with E-state index in [0.717, 1.165) is 18.1 Å². The molecule has 1 heterocycles. The second-order valence-electron chi connectivity index (χ2n) is 5.50. The minimum Gasteiger partial charge on any atom is -0.449 e. The molecule has 1 saturated carbocycles. The van der Waals surface area contributed by atoms with Crippen LogP contribution in [0.2, 0.25) is 0 Å². The van der Waals surface area contributed by atoms with Gasteiger partial charge in [-0.05, 0) is 31.4 Å². The summed E-state index contributed by atoms with van der Waals surface area (Å²) in [7, 11) is 0. The van der Waals surface area contributed by atoms with E-state index in [-0.39, 0.29) is 23.0 Å². The van der Waals surface area contributed by atoms with Gasteiger partial charge in [-0.25, -0.2) is 4.79 Å². The SMILES string of the molecule is Cc1ccc2oc(C(=O)OC(=O)C3CC3C)cc(=O)c2c1. The zero-order valence-corrected chi connectivity index (χ0v) is 11.7. The quantitative estimate of drug-likeness (QED) is 0.626.